The molecule has 0 aromatic heterocycles. The molecule has 6 nitrogen and oxygen atoms in total. The lowest BCUT2D eigenvalue weighted by atomic mass is 10.1. The molecule has 4 aromatic rings. The lowest BCUT2D eigenvalue weighted by molar-refractivity contribution is 0.0955. The van der Waals surface area contributed by atoms with Gasteiger partial charge >= 0.3 is 0 Å². The van der Waals surface area contributed by atoms with Gasteiger partial charge in [0.1, 0.15) is 17.3 Å². The molecule has 0 spiro atoms. The van der Waals surface area contributed by atoms with E-state index in [4.69, 9.17) is 21.1 Å². The summed E-state index contributed by atoms with van der Waals surface area (Å²) in [5.74, 6) is 0.810. The molecule has 0 aliphatic carbocycles. The number of ether oxygens (including phenoxy) is 2. The van der Waals surface area contributed by atoms with Crippen molar-refractivity contribution < 1.29 is 18.7 Å². The third-order valence-electron chi connectivity index (χ3n) is 5.62. The van der Waals surface area contributed by atoms with Gasteiger partial charge in [-0.25, -0.2) is 4.39 Å². The fourth-order valence-electron chi connectivity index (χ4n) is 3.70. The summed E-state index contributed by atoms with van der Waals surface area (Å²) in [6, 6.07) is 24.7. The van der Waals surface area contributed by atoms with E-state index in [1.54, 1.807) is 44.6 Å². The first-order valence-electron chi connectivity index (χ1n) is 11.8. The predicted octanol–water partition coefficient (Wildman–Crippen LogP) is 7.12. The fourth-order valence-corrected chi connectivity index (χ4v) is 4.72. The van der Waals surface area contributed by atoms with Gasteiger partial charge in [-0.15, -0.1) is 0 Å². The van der Waals surface area contributed by atoms with E-state index in [1.807, 2.05) is 42.5 Å². The normalized spacial score (nSPS) is 10.5. The monoisotopic (exact) mass is 551 g/mol. The van der Waals surface area contributed by atoms with Crippen LogP contribution in [0.15, 0.2) is 89.8 Å². The lowest BCUT2D eigenvalue weighted by Gasteiger charge is -2.14. The Hall–Kier alpha value is -3.88. The van der Waals surface area contributed by atoms with E-state index in [2.05, 4.69) is 15.4 Å². The van der Waals surface area contributed by atoms with Crippen LogP contribution in [-0.2, 0) is 0 Å². The summed E-state index contributed by atoms with van der Waals surface area (Å²) in [6.07, 6.45) is 0. The maximum atomic E-state index is 13.8. The zero-order chi connectivity index (χ0) is 26.9. The molecule has 9 heteroatoms. The molecule has 0 heterocycles. The first-order valence-corrected chi connectivity index (χ1v) is 13.0. The highest BCUT2D eigenvalue weighted by molar-refractivity contribution is 8.00. The number of benzene rings is 4. The van der Waals surface area contributed by atoms with Crippen molar-refractivity contribution in [2.24, 2.45) is 0 Å². The van der Waals surface area contributed by atoms with Gasteiger partial charge in [0.25, 0.3) is 5.91 Å². The van der Waals surface area contributed by atoms with Crippen molar-refractivity contribution in [1.82, 2.24) is 5.32 Å². The zero-order valence-electron chi connectivity index (χ0n) is 20.9. The van der Waals surface area contributed by atoms with E-state index in [-0.39, 0.29) is 11.7 Å². The van der Waals surface area contributed by atoms with Crippen molar-refractivity contribution in [2.45, 2.75) is 4.90 Å². The van der Waals surface area contributed by atoms with Gasteiger partial charge in [-0.2, -0.15) is 0 Å². The Morgan fingerprint density at radius 1 is 0.895 bits per heavy atom. The minimum Gasteiger partial charge on any atom is -0.497 e. The Bertz CT molecular complexity index is 1420. The number of carbonyl (C=O) groups excluding carboxylic acids is 1. The number of hydrogen-bond donors (Lipinski definition) is 3. The lowest BCUT2D eigenvalue weighted by Crippen LogP contribution is -2.28. The first-order chi connectivity index (χ1) is 18.5. The minimum atomic E-state index is -0.350. The summed E-state index contributed by atoms with van der Waals surface area (Å²) in [6.45, 7) is 1.01. The third-order valence-corrected chi connectivity index (χ3v) is 6.82. The molecule has 0 radical (unpaired) electrons. The predicted molar refractivity (Wildman–Crippen MR) is 153 cm³/mol. The van der Waals surface area contributed by atoms with Gasteiger partial charge in [0.05, 0.1) is 19.1 Å². The molecule has 196 valence electrons. The Labute approximate surface area is 230 Å². The number of nitrogens with one attached hydrogen (secondary N) is 3. The van der Waals surface area contributed by atoms with Crippen LogP contribution in [0, 0.1) is 5.82 Å². The van der Waals surface area contributed by atoms with Crippen molar-refractivity contribution >= 4 is 40.8 Å². The van der Waals surface area contributed by atoms with Gasteiger partial charge in [0.15, 0.2) is 0 Å². The number of halogens is 2. The van der Waals surface area contributed by atoms with E-state index < -0.39 is 0 Å². The van der Waals surface area contributed by atoms with Crippen LogP contribution in [0.5, 0.6) is 11.5 Å². The molecule has 0 atom stereocenters. The Kier molecular flexibility index (Phi) is 9.35. The van der Waals surface area contributed by atoms with E-state index in [0.29, 0.717) is 40.7 Å². The second-order valence-electron chi connectivity index (χ2n) is 8.19. The van der Waals surface area contributed by atoms with Gasteiger partial charge in [-0.3, -0.25) is 4.79 Å². The largest absolute Gasteiger partial charge is 0.497 e. The molecule has 4 aromatic carbocycles. The topological polar surface area (TPSA) is 71.6 Å². The van der Waals surface area contributed by atoms with Gasteiger partial charge in [0, 0.05) is 40.6 Å². The molecule has 0 aliphatic rings. The SMILES string of the molecule is COc1cccc(C(=O)NCCNc2cccc(NSc3cc(-c4cc(F)ccc4Cl)ccc3OC)c2)c1. The number of methoxy groups -OCH3 is 2. The van der Waals surface area contributed by atoms with Crippen LogP contribution >= 0.6 is 23.5 Å². The van der Waals surface area contributed by atoms with Crippen LogP contribution in [0.25, 0.3) is 11.1 Å². The number of hydrogen-bond acceptors (Lipinski definition) is 6. The molecular formula is C29H27ClFN3O3S. The quantitative estimate of drug-likeness (QED) is 0.136. The Balaban J connectivity index is 1.34. The van der Waals surface area contributed by atoms with Crippen molar-refractivity contribution in [3.05, 3.63) is 101 Å². The Morgan fingerprint density at radius 3 is 2.53 bits per heavy atom. The van der Waals surface area contributed by atoms with Crippen LogP contribution in [-0.4, -0.2) is 33.2 Å². The van der Waals surface area contributed by atoms with Gasteiger partial charge < -0.3 is 24.8 Å². The Morgan fingerprint density at radius 2 is 1.71 bits per heavy atom. The molecule has 0 saturated heterocycles. The van der Waals surface area contributed by atoms with Crippen molar-refractivity contribution in [1.29, 1.82) is 0 Å². The van der Waals surface area contributed by atoms with Crippen LogP contribution in [0.1, 0.15) is 10.4 Å². The van der Waals surface area contributed by atoms with Crippen molar-refractivity contribution in [2.75, 3.05) is 37.3 Å². The van der Waals surface area contributed by atoms with Gasteiger partial charge in [0.2, 0.25) is 0 Å². The zero-order valence-corrected chi connectivity index (χ0v) is 22.5. The summed E-state index contributed by atoms with van der Waals surface area (Å²) in [4.78, 5) is 13.2. The molecule has 38 heavy (non-hydrogen) atoms. The molecule has 0 saturated carbocycles. The second kappa shape index (κ2) is 13.1. The smallest absolute Gasteiger partial charge is 0.251 e. The second-order valence-corrected chi connectivity index (χ2v) is 9.44. The molecule has 0 unspecified atom stereocenters. The highest BCUT2D eigenvalue weighted by atomic mass is 35.5. The summed E-state index contributed by atoms with van der Waals surface area (Å²) < 4.78 is 27.8. The summed E-state index contributed by atoms with van der Waals surface area (Å²) >= 11 is 7.68. The highest BCUT2D eigenvalue weighted by Crippen LogP contribution is 2.37. The van der Waals surface area contributed by atoms with E-state index in [0.717, 1.165) is 21.8 Å². The van der Waals surface area contributed by atoms with Crippen LogP contribution in [0.3, 0.4) is 0 Å². The molecule has 1 amide bonds. The highest BCUT2D eigenvalue weighted by Gasteiger charge is 2.11. The van der Waals surface area contributed by atoms with E-state index in [9.17, 15) is 9.18 Å². The molecule has 0 aliphatic heterocycles. The maximum Gasteiger partial charge on any atom is 0.251 e. The van der Waals surface area contributed by atoms with Gasteiger partial charge in [-0.05, 0) is 84.2 Å². The van der Waals surface area contributed by atoms with Crippen LogP contribution in [0.4, 0.5) is 15.8 Å². The molecule has 0 fully saturated rings. The molecule has 4 rings (SSSR count). The maximum absolute atomic E-state index is 13.8. The minimum absolute atomic E-state index is 0.159. The van der Waals surface area contributed by atoms with Crippen molar-refractivity contribution in [3.63, 3.8) is 0 Å². The standard InChI is InChI=1S/C29H27ClFN3O3S/c1-36-24-8-3-5-20(15-24)29(35)33-14-13-32-22-6-4-7-23(18-22)34-38-28-16-19(9-12-27(28)37-2)25-17-21(31)10-11-26(25)30/h3-12,15-18,32,34H,13-14H2,1-2H3,(H,33,35). The van der Waals surface area contributed by atoms with Gasteiger partial charge in [-0.1, -0.05) is 29.8 Å². The summed E-state index contributed by atoms with van der Waals surface area (Å²) in [5, 5.41) is 6.68. The third kappa shape index (κ3) is 7.12. The number of amides is 1. The van der Waals surface area contributed by atoms with E-state index >= 15 is 0 Å². The number of carbonyl (C=O) groups is 1. The van der Waals surface area contributed by atoms with Crippen molar-refractivity contribution in [3.8, 4) is 22.6 Å². The average molecular weight is 552 g/mol. The average Bonchev–Trinajstić information content (AvgIpc) is 2.95. The van der Waals surface area contributed by atoms with Crippen LogP contribution in [0.2, 0.25) is 5.02 Å². The fraction of sp³-hybridized carbons (Fsp3) is 0.138. The first kappa shape index (κ1) is 27.2. The van der Waals surface area contributed by atoms with Crippen LogP contribution < -0.4 is 24.8 Å². The molecular weight excluding hydrogens is 525 g/mol. The number of anilines is 2. The van der Waals surface area contributed by atoms with E-state index in [1.165, 1.54) is 24.1 Å². The molecule has 3 N–H and O–H groups in total. The molecule has 0 bridgehead atoms. The summed E-state index contributed by atoms with van der Waals surface area (Å²) in [5.41, 5.74) is 3.72. The number of rotatable bonds is 11. The summed E-state index contributed by atoms with van der Waals surface area (Å²) in [7, 11) is 3.17.